The number of carbonyl (C=O) groups excluding carboxylic acids is 2. The van der Waals surface area contributed by atoms with Gasteiger partial charge in [-0.3, -0.25) is 14.6 Å². The number of hydrazine groups is 1. The minimum Gasteiger partial charge on any atom is -0.394 e. The Hall–Kier alpha value is -3.14. The quantitative estimate of drug-likeness (QED) is 0.182. The molecule has 1 aromatic carbocycles. The van der Waals surface area contributed by atoms with Crippen molar-refractivity contribution in [2.75, 3.05) is 18.5 Å². The molecule has 0 aliphatic rings. The molecule has 0 bridgehead atoms. The van der Waals surface area contributed by atoms with Crippen LogP contribution in [0.3, 0.4) is 0 Å². The van der Waals surface area contributed by atoms with Crippen LogP contribution in [0, 0.1) is 6.92 Å². The third-order valence-corrected chi connectivity index (χ3v) is 4.85. The van der Waals surface area contributed by atoms with Gasteiger partial charge in [0.2, 0.25) is 0 Å². The molecule has 2 heterocycles. The number of amides is 2. The molecule has 0 saturated heterocycles. The molecule has 0 spiro atoms. The van der Waals surface area contributed by atoms with E-state index in [9.17, 15) is 9.59 Å². The SMILES string of the molecule is Bc1cc(C)c(NC(=O)c2cc(B)nn2-c2ncccc2Cl)c(C(=O)N(N)CCO)c1. The zero-order chi connectivity index (χ0) is 22.7. The third kappa shape index (κ3) is 4.79. The largest absolute Gasteiger partial charge is 0.394 e. The van der Waals surface area contributed by atoms with Gasteiger partial charge in [-0.15, -0.1) is 0 Å². The molecule has 0 aliphatic heterocycles. The first-order valence-electron chi connectivity index (χ1n) is 9.50. The van der Waals surface area contributed by atoms with E-state index in [4.69, 9.17) is 22.6 Å². The van der Waals surface area contributed by atoms with Gasteiger partial charge in [0.1, 0.15) is 13.5 Å². The number of benzene rings is 1. The smallest absolute Gasteiger partial charge is 0.274 e. The van der Waals surface area contributed by atoms with Crippen molar-refractivity contribution < 1.29 is 14.7 Å². The molecule has 0 fully saturated rings. The van der Waals surface area contributed by atoms with Crippen molar-refractivity contribution >= 4 is 55.9 Å². The Morgan fingerprint density at radius 1 is 1.32 bits per heavy atom. The maximum atomic E-state index is 13.2. The summed E-state index contributed by atoms with van der Waals surface area (Å²) in [7, 11) is 3.58. The molecule has 9 nitrogen and oxygen atoms in total. The van der Waals surface area contributed by atoms with Crippen molar-refractivity contribution in [1.29, 1.82) is 0 Å². The van der Waals surface area contributed by atoms with Crippen LogP contribution >= 0.6 is 11.6 Å². The highest BCUT2D eigenvalue weighted by atomic mass is 35.5. The van der Waals surface area contributed by atoms with Crippen LogP contribution in [0.25, 0.3) is 5.82 Å². The number of aromatic nitrogens is 3. The first kappa shape index (κ1) is 22.5. The number of nitrogens with one attached hydrogen (secondary N) is 1. The summed E-state index contributed by atoms with van der Waals surface area (Å²) in [5, 5.41) is 17.5. The minimum absolute atomic E-state index is 0.0383. The molecule has 12 heteroatoms. The number of anilines is 1. The number of nitrogens with zero attached hydrogens (tertiary/aromatic N) is 4. The average molecular weight is 438 g/mol. The molecule has 158 valence electrons. The second-order valence-corrected chi connectivity index (χ2v) is 7.48. The molecule has 2 aromatic heterocycles. The van der Waals surface area contributed by atoms with Gasteiger partial charge >= 0.3 is 0 Å². The van der Waals surface area contributed by atoms with E-state index in [1.54, 1.807) is 45.2 Å². The van der Waals surface area contributed by atoms with Gasteiger partial charge in [-0.25, -0.2) is 15.5 Å². The van der Waals surface area contributed by atoms with Crippen molar-refractivity contribution in [3.05, 3.63) is 58.4 Å². The Morgan fingerprint density at radius 2 is 2.06 bits per heavy atom. The maximum absolute atomic E-state index is 13.2. The van der Waals surface area contributed by atoms with Crippen molar-refractivity contribution in [2.24, 2.45) is 5.84 Å². The van der Waals surface area contributed by atoms with Gasteiger partial charge in [-0.05, 0) is 30.7 Å². The predicted octanol–water partition coefficient (Wildman–Crippen LogP) is -1.69. The Balaban J connectivity index is 2.02. The van der Waals surface area contributed by atoms with E-state index in [1.165, 1.54) is 4.68 Å². The summed E-state index contributed by atoms with van der Waals surface area (Å²) in [6.07, 6.45) is 1.55. The van der Waals surface area contributed by atoms with Crippen LogP contribution in [-0.4, -0.2) is 65.5 Å². The first-order valence-corrected chi connectivity index (χ1v) is 9.88. The highest BCUT2D eigenvalue weighted by Crippen LogP contribution is 2.23. The maximum Gasteiger partial charge on any atom is 0.274 e. The van der Waals surface area contributed by atoms with Crippen LogP contribution in [0.4, 0.5) is 5.69 Å². The lowest BCUT2D eigenvalue weighted by molar-refractivity contribution is 0.0723. The van der Waals surface area contributed by atoms with E-state index in [2.05, 4.69) is 15.4 Å². The van der Waals surface area contributed by atoms with Gasteiger partial charge < -0.3 is 10.4 Å². The Bertz CT molecular complexity index is 1150. The predicted molar refractivity (Wildman–Crippen MR) is 124 cm³/mol. The lowest BCUT2D eigenvalue weighted by atomic mass is 9.90. The standard InChI is InChI=1S/C19H21B2ClN6O3/c1-10-7-11(20)8-12(19(31)27(23)5-6-29)16(10)25-18(30)14-9-15(21)26-28(14)17-13(22)3-2-4-24-17/h2-4,7-9,29H,5-6,20-21,23H2,1H3,(H,25,30). The molecule has 0 unspecified atom stereocenters. The molecular formula is C19H21B2ClN6O3. The average Bonchev–Trinajstić information content (AvgIpc) is 3.11. The molecule has 4 N–H and O–H groups in total. The summed E-state index contributed by atoms with van der Waals surface area (Å²) in [5.41, 5.74) is 2.87. The van der Waals surface area contributed by atoms with Crippen molar-refractivity contribution in [2.45, 2.75) is 6.92 Å². The number of hydrogen-bond donors (Lipinski definition) is 3. The summed E-state index contributed by atoms with van der Waals surface area (Å²) in [6.45, 7) is 1.46. The van der Waals surface area contributed by atoms with E-state index in [1.807, 2.05) is 13.9 Å². The van der Waals surface area contributed by atoms with Gasteiger partial charge in [-0.2, -0.15) is 5.10 Å². The normalized spacial score (nSPS) is 10.7. The summed E-state index contributed by atoms with van der Waals surface area (Å²) in [4.78, 5) is 30.2. The number of aryl methyl sites for hydroxylation is 1. The topological polar surface area (TPSA) is 126 Å². The molecule has 0 atom stereocenters. The van der Waals surface area contributed by atoms with Gasteiger partial charge in [-0.1, -0.05) is 29.2 Å². The fourth-order valence-corrected chi connectivity index (χ4v) is 3.40. The third-order valence-electron chi connectivity index (χ3n) is 4.55. The highest BCUT2D eigenvalue weighted by molar-refractivity contribution is 6.33. The highest BCUT2D eigenvalue weighted by Gasteiger charge is 2.23. The van der Waals surface area contributed by atoms with Crippen LogP contribution in [-0.2, 0) is 0 Å². The van der Waals surface area contributed by atoms with Crippen molar-refractivity contribution in [1.82, 2.24) is 19.8 Å². The zero-order valence-corrected chi connectivity index (χ0v) is 18.1. The minimum atomic E-state index is -0.520. The molecule has 3 rings (SSSR count). The Kier molecular flexibility index (Phi) is 6.79. The van der Waals surface area contributed by atoms with Crippen LogP contribution in [0.5, 0.6) is 0 Å². The van der Waals surface area contributed by atoms with Crippen LogP contribution < -0.4 is 22.2 Å². The monoisotopic (exact) mass is 438 g/mol. The molecule has 0 radical (unpaired) electrons. The van der Waals surface area contributed by atoms with Crippen molar-refractivity contribution in [3.8, 4) is 5.82 Å². The first-order chi connectivity index (χ1) is 14.7. The number of carbonyl (C=O) groups is 2. The number of aliphatic hydroxyl groups excluding tert-OH is 1. The van der Waals surface area contributed by atoms with E-state index >= 15 is 0 Å². The fraction of sp³-hybridized carbons (Fsp3) is 0.158. The molecule has 0 saturated carbocycles. The zero-order valence-electron chi connectivity index (χ0n) is 17.4. The lowest BCUT2D eigenvalue weighted by Crippen LogP contribution is -2.40. The van der Waals surface area contributed by atoms with Crippen molar-refractivity contribution in [3.63, 3.8) is 0 Å². The number of pyridine rings is 1. The second-order valence-electron chi connectivity index (χ2n) is 7.07. The van der Waals surface area contributed by atoms with Gasteiger partial charge in [0.05, 0.1) is 29.4 Å². The Labute approximate surface area is 186 Å². The molecular weight excluding hydrogens is 417 g/mol. The number of hydrogen-bond acceptors (Lipinski definition) is 6. The summed E-state index contributed by atoms with van der Waals surface area (Å²) >= 11 is 6.24. The van der Waals surface area contributed by atoms with Crippen LogP contribution in [0.15, 0.2) is 36.5 Å². The molecule has 31 heavy (non-hydrogen) atoms. The number of nitrogens with two attached hydrogens (primary N) is 1. The molecule has 2 amide bonds. The Morgan fingerprint density at radius 3 is 2.74 bits per heavy atom. The van der Waals surface area contributed by atoms with Gasteiger partial charge in [0.25, 0.3) is 11.8 Å². The number of halogens is 1. The van der Waals surface area contributed by atoms with Crippen LogP contribution in [0.2, 0.25) is 5.02 Å². The second kappa shape index (κ2) is 9.34. The summed E-state index contributed by atoms with van der Waals surface area (Å²) in [6, 6.07) is 8.42. The number of rotatable bonds is 6. The van der Waals surface area contributed by atoms with E-state index in [-0.39, 0.29) is 24.4 Å². The lowest BCUT2D eigenvalue weighted by Gasteiger charge is -2.20. The van der Waals surface area contributed by atoms with E-state index in [0.29, 0.717) is 27.7 Å². The van der Waals surface area contributed by atoms with Crippen LogP contribution in [0.1, 0.15) is 26.4 Å². The van der Waals surface area contributed by atoms with E-state index in [0.717, 1.165) is 10.5 Å². The number of aliphatic hydroxyl groups is 1. The fourth-order valence-electron chi connectivity index (χ4n) is 3.20. The summed E-state index contributed by atoms with van der Waals surface area (Å²) in [5.74, 6) is 5.07. The summed E-state index contributed by atoms with van der Waals surface area (Å²) < 4.78 is 1.36. The molecule has 3 aromatic rings. The van der Waals surface area contributed by atoms with Gasteiger partial charge in [0.15, 0.2) is 13.7 Å². The van der Waals surface area contributed by atoms with Gasteiger partial charge in [0, 0.05) is 11.8 Å². The molecule has 0 aliphatic carbocycles. The van der Waals surface area contributed by atoms with E-state index < -0.39 is 11.8 Å².